The van der Waals surface area contributed by atoms with Crippen molar-refractivity contribution in [2.45, 2.75) is 6.92 Å². The molecular formula is C12H10O4. The molecular weight excluding hydrogens is 208 g/mol. The Morgan fingerprint density at radius 2 is 1.75 bits per heavy atom. The summed E-state index contributed by atoms with van der Waals surface area (Å²) in [4.78, 5) is 10.8. The SMILES string of the molecule is Cc1cc(O)c2cc(O)c(C(=O)O)cc2c1. The topological polar surface area (TPSA) is 77.8 Å². The van der Waals surface area contributed by atoms with Crippen LogP contribution in [-0.4, -0.2) is 21.3 Å². The minimum Gasteiger partial charge on any atom is -0.507 e. The molecule has 3 N–H and O–H groups in total. The summed E-state index contributed by atoms with van der Waals surface area (Å²) in [7, 11) is 0. The highest BCUT2D eigenvalue weighted by molar-refractivity contribution is 5.99. The van der Waals surface area contributed by atoms with Gasteiger partial charge in [-0.15, -0.1) is 0 Å². The second kappa shape index (κ2) is 3.41. The number of aromatic carboxylic acids is 1. The van der Waals surface area contributed by atoms with Crippen molar-refractivity contribution in [2.24, 2.45) is 0 Å². The van der Waals surface area contributed by atoms with Gasteiger partial charge in [-0.05, 0) is 36.1 Å². The van der Waals surface area contributed by atoms with E-state index in [1.54, 1.807) is 19.1 Å². The van der Waals surface area contributed by atoms with Crippen LogP contribution in [0.25, 0.3) is 10.8 Å². The summed E-state index contributed by atoms with van der Waals surface area (Å²) in [6.07, 6.45) is 0. The summed E-state index contributed by atoms with van der Waals surface area (Å²) in [5, 5.41) is 29.0. The number of carboxylic acid groups (broad SMARTS) is 1. The lowest BCUT2D eigenvalue weighted by Gasteiger charge is -2.06. The Bertz CT molecular complexity index is 587. The highest BCUT2D eigenvalue weighted by atomic mass is 16.4. The summed E-state index contributed by atoms with van der Waals surface area (Å²) in [5.74, 6) is -1.51. The number of aromatic hydroxyl groups is 2. The third-order valence-corrected chi connectivity index (χ3v) is 2.42. The first-order chi connectivity index (χ1) is 7.49. The van der Waals surface area contributed by atoms with Crippen molar-refractivity contribution in [1.82, 2.24) is 0 Å². The molecule has 2 aromatic rings. The molecule has 0 saturated heterocycles. The minimum absolute atomic E-state index is 0.0299. The van der Waals surface area contributed by atoms with Gasteiger partial charge >= 0.3 is 5.97 Å². The van der Waals surface area contributed by atoms with Crippen LogP contribution in [0.5, 0.6) is 11.5 Å². The lowest BCUT2D eigenvalue weighted by Crippen LogP contribution is -1.96. The van der Waals surface area contributed by atoms with Crippen molar-refractivity contribution in [1.29, 1.82) is 0 Å². The van der Waals surface area contributed by atoms with E-state index in [9.17, 15) is 15.0 Å². The number of carbonyl (C=O) groups is 1. The third-order valence-electron chi connectivity index (χ3n) is 2.42. The molecule has 0 radical (unpaired) electrons. The van der Waals surface area contributed by atoms with Crippen molar-refractivity contribution in [2.75, 3.05) is 0 Å². The number of fused-ring (bicyclic) bond motifs is 1. The Kier molecular flexibility index (Phi) is 2.20. The van der Waals surface area contributed by atoms with Crippen LogP contribution in [0.15, 0.2) is 24.3 Å². The van der Waals surface area contributed by atoms with Gasteiger partial charge in [0.05, 0.1) is 0 Å². The minimum atomic E-state index is -1.19. The first kappa shape index (κ1) is 10.3. The summed E-state index contributed by atoms with van der Waals surface area (Å²) >= 11 is 0. The Morgan fingerprint density at radius 1 is 1.06 bits per heavy atom. The summed E-state index contributed by atoms with van der Waals surface area (Å²) < 4.78 is 0. The summed E-state index contributed by atoms with van der Waals surface area (Å²) in [6, 6.07) is 5.91. The van der Waals surface area contributed by atoms with Gasteiger partial charge < -0.3 is 15.3 Å². The predicted octanol–water partition coefficient (Wildman–Crippen LogP) is 2.26. The average molecular weight is 218 g/mol. The van der Waals surface area contributed by atoms with Crippen LogP contribution in [0.4, 0.5) is 0 Å². The molecule has 0 aliphatic heterocycles. The molecule has 0 aliphatic carbocycles. The van der Waals surface area contributed by atoms with E-state index in [-0.39, 0.29) is 17.1 Å². The van der Waals surface area contributed by atoms with E-state index >= 15 is 0 Å². The molecule has 4 nitrogen and oxygen atoms in total. The molecule has 0 saturated carbocycles. The van der Waals surface area contributed by atoms with Crippen LogP contribution in [0.1, 0.15) is 15.9 Å². The van der Waals surface area contributed by atoms with E-state index < -0.39 is 5.97 Å². The standard InChI is InChI=1S/C12H10O4/c1-6-2-7-4-9(12(15)16)11(14)5-8(7)10(13)3-6/h2-5,13-14H,1H3,(H,15,16). The van der Waals surface area contributed by atoms with Gasteiger partial charge in [0, 0.05) is 5.39 Å². The molecule has 0 aromatic heterocycles. The Balaban J connectivity index is 2.84. The van der Waals surface area contributed by atoms with Gasteiger partial charge in [0.15, 0.2) is 0 Å². The van der Waals surface area contributed by atoms with Crippen molar-refractivity contribution in [3.8, 4) is 11.5 Å². The summed E-state index contributed by atoms with van der Waals surface area (Å²) in [5.41, 5.74) is 0.657. The maximum atomic E-state index is 10.8. The monoisotopic (exact) mass is 218 g/mol. The van der Waals surface area contributed by atoms with Gasteiger partial charge in [-0.2, -0.15) is 0 Å². The second-order valence-electron chi connectivity index (χ2n) is 3.68. The fraction of sp³-hybridized carbons (Fsp3) is 0.0833. The number of benzene rings is 2. The number of hydrogen-bond acceptors (Lipinski definition) is 3. The Hall–Kier alpha value is -2.23. The number of aryl methyl sites for hydroxylation is 1. The number of rotatable bonds is 1. The van der Waals surface area contributed by atoms with E-state index in [0.717, 1.165) is 5.56 Å². The molecule has 0 amide bonds. The van der Waals surface area contributed by atoms with Gasteiger partial charge in [0.2, 0.25) is 0 Å². The van der Waals surface area contributed by atoms with Crippen molar-refractivity contribution >= 4 is 16.7 Å². The van der Waals surface area contributed by atoms with Gasteiger partial charge in [-0.25, -0.2) is 4.79 Å². The van der Waals surface area contributed by atoms with Crippen LogP contribution in [0.3, 0.4) is 0 Å². The molecule has 4 heteroatoms. The fourth-order valence-corrected chi connectivity index (χ4v) is 1.70. The zero-order valence-corrected chi connectivity index (χ0v) is 8.56. The Labute approximate surface area is 91.4 Å². The van der Waals surface area contributed by atoms with Gasteiger partial charge in [0.25, 0.3) is 0 Å². The van der Waals surface area contributed by atoms with Crippen LogP contribution < -0.4 is 0 Å². The molecule has 2 aromatic carbocycles. The van der Waals surface area contributed by atoms with E-state index in [2.05, 4.69) is 0 Å². The number of phenols is 2. The number of carboxylic acids is 1. The molecule has 0 spiro atoms. The molecule has 0 unspecified atom stereocenters. The Morgan fingerprint density at radius 3 is 2.38 bits per heavy atom. The zero-order valence-electron chi connectivity index (χ0n) is 8.56. The van der Waals surface area contributed by atoms with Crippen molar-refractivity contribution in [3.63, 3.8) is 0 Å². The van der Waals surface area contributed by atoms with Crippen molar-refractivity contribution in [3.05, 3.63) is 35.4 Å². The summed E-state index contributed by atoms with van der Waals surface area (Å²) in [6.45, 7) is 1.80. The normalized spacial score (nSPS) is 10.6. The highest BCUT2D eigenvalue weighted by Gasteiger charge is 2.12. The molecule has 0 aliphatic rings. The third kappa shape index (κ3) is 1.54. The van der Waals surface area contributed by atoms with Crippen molar-refractivity contribution < 1.29 is 20.1 Å². The largest absolute Gasteiger partial charge is 0.507 e. The second-order valence-corrected chi connectivity index (χ2v) is 3.68. The molecule has 0 atom stereocenters. The van der Waals surface area contributed by atoms with E-state index in [1.807, 2.05) is 0 Å². The predicted molar refractivity (Wildman–Crippen MR) is 59.0 cm³/mol. The van der Waals surface area contributed by atoms with E-state index in [1.165, 1.54) is 12.1 Å². The molecule has 16 heavy (non-hydrogen) atoms. The average Bonchev–Trinajstić information content (AvgIpc) is 2.18. The van der Waals surface area contributed by atoms with Crippen LogP contribution in [0.2, 0.25) is 0 Å². The van der Waals surface area contributed by atoms with Gasteiger partial charge in [-0.1, -0.05) is 6.07 Å². The fourth-order valence-electron chi connectivity index (χ4n) is 1.70. The number of phenolic OH excluding ortho intramolecular Hbond substituents is 1. The first-order valence-corrected chi connectivity index (χ1v) is 4.68. The van der Waals surface area contributed by atoms with E-state index in [4.69, 9.17) is 5.11 Å². The lowest BCUT2D eigenvalue weighted by molar-refractivity contribution is 0.0694. The maximum absolute atomic E-state index is 10.8. The van der Waals surface area contributed by atoms with E-state index in [0.29, 0.717) is 10.8 Å². The van der Waals surface area contributed by atoms with Crippen LogP contribution in [-0.2, 0) is 0 Å². The zero-order chi connectivity index (χ0) is 11.9. The maximum Gasteiger partial charge on any atom is 0.339 e. The quantitative estimate of drug-likeness (QED) is 0.686. The lowest BCUT2D eigenvalue weighted by atomic mass is 10.0. The molecule has 0 fully saturated rings. The van der Waals surface area contributed by atoms with Gasteiger partial charge in [-0.3, -0.25) is 0 Å². The van der Waals surface area contributed by atoms with Crippen LogP contribution in [0, 0.1) is 6.92 Å². The number of hydrogen-bond donors (Lipinski definition) is 3. The molecule has 0 heterocycles. The smallest absolute Gasteiger partial charge is 0.339 e. The first-order valence-electron chi connectivity index (χ1n) is 4.68. The molecule has 2 rings (SSSR count). The van der Waals surface area contributed by atoms with Crippen LogP contribution >= 0.6 is 0 Å². The molecule has 0 bridgehead atoms. The highest BCUT2D eigenvalue weighted by Crippen LogP contribution is 2.31. The molecule has 82 valence electrons. The van der Waals surface area contributed by atoms with Gasteiger partial charge in [0.1, 0.15) is 17.1 Å².